The molecule has 1 N–H and O–H groups in total. The first-order valence-electron chi connectivity index (χ1n) is 8.27. The van der Waals surface area contributed by atoms with Crippen LogP contribution in [0.3, 0.4) is 0 Å². The molecule has 0 saturated carbocycles. The lowest BCUT2D eigenvalue weighted by Crippen LogP contribution is -2.27. The largest absolute Gasteiger partial charge is 0.497 e. The number of ether oxygens (including phenoxy) is 1. The standard InChI is InChI=1S/C20H21N3O3/c1-20(2,3)19(24)21-16-8-6-5-7-15(16)18-22-17(23-26-18)13-9-11-14(25-4)12-10-13/h5-12H,1-4H3,(H,21,24). The van der Waals surface area contributed by atoms with Crippen LogP contribution in [0.25, 0.3) is 22.8 Å². The maximum atomic E-state index is 12.3. The average molecular weight is 351 g/mol. The molecule has 1 amide bonds. The normalized spacial score (nSPS) is 11.2. The molecular weight excluding hydrogens is 330 g/mol. The second kappa shape index (κ2) is 7.00. The van der Waals surface area contributed by atoms with Crippen LogP contribution in [0.4, 0.5) is 5.69 Å². The summed E-state index contributed by atoms with van der Waals surface area (Å²) in [5.41, 5.74) is 1.63. The van der Waals surface area contributed by atoms with E-state index in [2.05, 4.69) is 15.5 Å². The van der Waals surface area contributed by atoms with Crippen molar-refractivity contribution < 1.29 is 14.1 Å². The second-order valence-corrected chi connectivity index (χ2v) is 6.90. The predicted octanol–water partition coefficient (Wildman–Crippen LogP) is 4.40. The lowest BCUT2D eigenvalue weighted by Gasteiger charge is -2.18. The van der Waals surface area contributed by atoms with E-state index >= 15 is 0 Å². The summed E-state index contributed by atoms with van der Waals surface area (Å²) in [4.78, 5) is 16.8. The summed E-state index contributed by atoms with van der Waals surface area (Å²) in [6.45, 7) is 5.58. The number of para-hydroxylation sites is 1. The summed E-state index contributed by atoms with van der Waals surface area (Å²) in [5, 5.41) is 6.98. The highest BCUT2D eigenvalue weighted by Gasteiger charge is 2.23. The van der Waals surface area contributed by atoms with Crippen molar-refractivity contribution in [1.29, 1.82) is 0 Å². The number of carbonyl (C=O) groups excluding carboxylic acids is 1. The van der Waals surface area contributed by atoms with Crippen molar-refractivity contribution in [1.82, 2.24) is 10.1 Å². The average Bonchev–Trinajstić information content (AvgIpc) is 3.11. The van der Waals surface area contributed by atoms with Gasteiger partial charge in [0.15, 0.2) is 0 Å². The van der Waals surface area contributed by atoms with Crippen LogP contribution in [0.1, 0.15) is 20.8 Å². The van der Waals surface area contributed by atoms with E-state index in [-0.39, 0.29) is 5.91 Å². The van der Waals surface area contributed by atoms with Gasteiger partial charge in [0.05, 0.1) is 18.4 Å². The molecule has 0 bridgehead atoms. The lowest BCUT2D eigenvalue weighted by molar-refractivity contribution is -0.123. The molecule has 26 heavy (non-hydrogen) atoms. The quantitative estimate of drug-likeness (QED) is 0.754. The Kier molecular flexibility index (Phi) is 4.75. The minimum absolute atomic E-state index is 0.0835. The van der Waals surface area contributed by atoms with Crippen LogP contribution in [0.15, 0.2) is 53.1 Å². The van der Waals surface area contributed by atoms with Crippen LogP contribution in [0, 0.1) is 5.41 Å². The molecule has 0 saturated heterocycles. The summed E-state index contributed by atoms with van der Waals surface area (Å²) in [6.07, 6.45) is 0. The van der Waals surface area contributed by atoms with Gasteiger partial charge in [-0.2, -0.15) is 4.98 Å². The number of rotatable bonds is 4. The highest BCUT2D eigenvalue weighted by Crippen LogP contribution is 2.30. The molecule has 6 nitrogen and oxygen atoms in total. The van der Waals surface area contributed by atoms with E-state index in [0.29, 0.717) is 23.0 Å². The predicted molar refractivity (Wildman–Crippen MR) is 99.8 cm³/mol. The molecule has 3 aromatic rings. The minimum Gasteiger partial charge on any atom is -0.497 e. The third-order valence-corrected chi connectivity index (χ3v) is 3.86. The van der Waals surface area contributed by atoms with Crippen LogP contribution >= 0.6 is 0 Å². The van der Waals surface area contributed by atoms with Gasteiger partial charge >= 0.3 is 0 Å². The summed E-state index contributed by atoms with van der Waals surface area (Å²) in [6, 6.07) is 14.8. The number of benzene rings is 2. The zero-order valence-electron chi connectivity index (χ0n) is 15.2. The molecule has 0 atom stereocenters. The molecule has 0 aliphatic rings. The Morgan fingerprint density at radius 1 is 1.08 bits per heavy atom. The Morgan fingerprint density at radius 3 is 2.42 bits per heavy atom. The summed E-state index contributed by atoms with van der Waals surface area (Å²) in [7, 11) is 1.62. The zero-order valence-corrected chi connectivity index (χ0v) is 15.2. The molecule has 6 heteroatoms. The first-order valence-corrected chi connectivity index (χ1v) is 8.27. The highest BCUT2D eigenvalue weighted by atomic mass is 16.5. The van der Waals surface area contributed by atoms with Gasteiger partial charge in [-0.3, -0.25) is 4.79 Å². The van der Waals surface area contributed by atoms with Gasteiger partial charge in [0.1, 0.15) is 5.75 Å². The molecular formula is C20H21N3O3. The molecule has 134 valence electrons. The SMILES string of the molecule is COc1ccc(-c2noc(-c3ccccc3NC(=O)C(C)(C)C)n2)cc1. The van der Waals surface area contributed by atoms with Crippen LogP contribution in [0.2, 0.25) is 0 Å². The Hall–Kier alpha value is -3.15. The van der Waals surface area contributed by atoms with E-state index in [1.54, 1.807) is 7.11 Å². The monoisotopic (exact) mass is 351 g/mol. The third kappa shape index (κ3) is 3.74. The number of anilines is 1. The van der Waals surface area contributed by atoms with Crippen molar-refractivity contribution >= 4 is 11.6 Å². The molecule has 0 unspecified atom stereocenters. The molecule has 1 heterocycles. The van der Waals surface area contributed by atoms with Gasteiger partial charge < -0.3 is 14.6 Å². The molecule has 0 aliphatic carbocycles. The number of amides is 1. The topological polar surface area (TPSA) is 77.3 Å². The molecule has 3 rings (SSSR count). The van der Waals surface area contributed by atoms with Crippen molar-refractivity contribution in [3.63, 3.8) is 0 Å². The maximum Gasteiger partial charge on any atom is 0.260 e. The number of methoxy groups -OCH3 is 1. The number of nitrogens with one attached hydrogen (secondary N) is 1. The van der Waals surface area contributed by atoms with Crippen LogP contribution in [-0.2, 0) is 4.79 Å². The van der Waals surface area contributed by atoms with Gasteiger partial charge in [0.25, 0.3) is 5.89 Å². The third-order valence-electron chi connectivity index (χ3n) is 3.86. The van der Waals surface area contributed by atoms with E-state index in [1.807, 2.05) is 69.3 Å². The van der Waals surface area contributed by atoms with Gasteiger partial charge in [-0.15, -0.1) is 0 Å². The summed E-state index contributed by atoms with van der Waals surface area (Å²) >= 11 is 0. The maximum absolute atomic E-state index is 12.3. The number of carbonyl (C=O) groups is 1. The Morgan fingerprint density at radius 2 is 1.77 bits per heavy atom. The van der Waals surface area contributed by atoms with Gasteiger partial charge in [0, 0.05) is 11.0 Å². The van der Waals surface area contributed by atoms with E-state index in [0.717, 1.165) is 11.3 Å². The fourth-order valence-corrected chi connectivity index (χ4v) is 2.28. The molecule has 2 aromatic carbocycles. The van der Waals surface area contributed by atoms with Crippen molar-refractivity contribution in [3.05, 3.63) is 48.5 Å². The number of hydrogen-bond acceptors (Lipinski definition) is 5. The van der Waals surface area contributed by atoms with Gasteiger partial charge in [0.2, 0.25) is 11.7 Å². The van der Waals surface area contributed by atoms with Crippen molar-refractivity contribution in [3.8, 4) is 28.6 Å². The molecule has 0 fully saturated rings. The van der Waals surface area contributed by atoms with Gasteiger partial charge in [-0.25, -0.2) is 0 Å². The highest BCUT2D eigenvalue weighted by molar-refractivity contribution is 5.97. The minimum atomic E-state index is -0.504. The Balaban J connectivity index is 1.91. The molecule has 1 aromatic heterocycles. The zero-order chi connectivity index (χ0) is 18.7. The van der Waals surface area contributed by atoms with Gasteiger partial charge in [-0.1, -0.05) is 38.1 Å². The number of hydrogen-bond donors (Lipinski definition) is 1. The smallest absolute Gasteiger partial charge is 0.260 e. The van der Waals surface area contributed by atoms with Crippen molar-refractivity contribution in [2.75, 3.05) is 12.4 Å². The lowest BCUT2D eigenvalue weighted by atomic mass is 9.95. The summed E-state index contributed by atoms with van der Waals surface area (Å²) in [5.74, 6) is 1.49. The molecule has 0 aliphatic heterocycles. The summed E-state index contributed by atoms with van der Waals surface area (Å²) < 4.78 is 10.6. The van der Waals surface area contributed by atoms with Crippen LogP contribution in [-0.4, -0.2) is 23.2 Å². The second-order valence-electron chi connectivity index (χ2n) is 6.90. The first kappa shape index (κ1) is 17.7. The van der Waals surface area contributed by atoms with Crippen molar-refractivity contribution in [2.24, 2.45) is 5.41 Å². The van der Waals surface area contributed by atoms with E-state index in [9.17, 15) is 4.79 Å². The fraction of sp³-hybridized carbons (Fsp3) is 0.250. The van der Waals surface area contributed by atoms with E-state index in [1.165, 1.54) is 0 Å². The number of aromatic nitrogens is 2. The first-order chi connectivity index (χ1) is 12.4. The number of nitrogens with zero attached hydrogens (tertiary/aromatic N) is 2. The molecule has 0 radical (unpaired) electrons. The van der Waals surface area contributed by atoms with Crippen LogP contribution < -0.4 is 10.1 Å². The Labute approximate surface area is 152 Å². The molecule has 0 spiro atoms. The van der Waals surface area contributed by atoms with Gasteiger partial charge in [-0.05, 0) is 36.4 Å². The van der Waals surface area contributed by atoms with E-state index in [4.69, 9.17) is 9.26 Å². The van der Waals surface area contributed by atoms with E-state index < -0.39 is 5.41 Å². The Bertz CT molecular complexity index is 909. The van der Waals surface area contributed by atoms with Crippen molar-refractivity contribution in [2.45, 2.75) is 20.8 Å². The van der Waals surface area contributed by atoms with Crippen LogP contribution in [0.5, 0.6) is 5.75 Å². The fourth-order valence-electron chi connectivity index (χ4n) is 2.28.